The summed E-state index contributed by atoms with van der Waals surface area (Å²) in [5.74, 6) is 0.775. The molecule has 2 aromatic heterocycles. The summed E-state index contributed by atoms with van der Waals surface area (Å²) in [7, 11) is 0. The summed E-state index contributed by atoms with van der Waals surface area (Å²) < 4.78 is 6.03. The summed E-state index contributed by atoms with van der Waals surface area (Å²) in [6, 6.07) is 11.2. The van der Waals surface area contributed by atoms with Crippen molar-refractivity contribution in [2.75, 3.05) is 0 Å². The van der Waals surface area contributed by atoms with E-state index in [2.05, 4.69) is 38.0 Å². The van der Waals surface area contributed by atoms with Crippen LogP contribution in [0.2, 0.25) is 0 Å². The maximum atomic E-state index is 12.1. The van der Waals surface area contributed by atoms with Gasteiger partial charge in [0.1, 0.15) is 0 Å². The molecule has 1 N–H and O–H groups in total. The molecule has 0 spiro atoms. The molecule has 2 heterocycles. The van der Waals surface area contributed by atoms with E-state index in [9.17, 15) is 4.79 Å². The van der Waals surface area contributed by atoms with Crippen molar-refractivity contribution in [2.45, 2.75) is 6.54 Å². The Bertz CT molecular complexity index is 755. The summed E-state index contributed by atoms with van der Waals surface area (Å²) in [6.45, 7) is 0.210. The van der Waals surface area contributed by atoms with Crippen LogP contribution in [0.3, 0.4) is 0 Å². The van der Waals surface area contributed by atoms with Gasteiger partial charge in [0.15, 0.2) is 0 Å². The minimum Gasteiger partial charge on any atom is -0.343 e. The van der Waals surface area contributed by atoms with E-state index in [1.165, 1.54) is 11.3 Å². The summed E-state index contributed by atoms with van der Waals surface area (Å²) in [6.07, 6.45) is 0. The van der Waals surface area contributed by atoms with E-state index in [4.69, 9.17) is 4.52 Å². The third-order valence-corrected chi connectivity index (χ3v) is 4.53. The molecule has 0 atom stereocenters. The number of thiophene rings is 1. The molecule has 0 unspecified atom stereocenters. The molecule has 0 saturated heterocycles. The van der Waals surface area contributed by atoms with Crippen LogP contribution in [0.25, 0.3) is 10.7 Å². The van der Waals surface area contributed by atoms with Gasteiger partial charge in [0.25, 0.3) is 5.91 Å². The predicted octanol–water partition coefficient (Wildman–Crippen LogP) is 3.33. The summed E-state index contributed by atoms with van der Waals surface area (Å²) in [4.78, 5) is 17.3. The first-order chi connectivity index (χ1) is 10.2. The maximum absolute atomic E-state index is 12.1. The van der Waals surface area contributed by atoms with Crippen molar-refractivity contribution in [2.24, 2.45) is 0 Å². The number of aromatic nitrogens is 2. The SMILES string of the molecule is O=C(NCc1nc(-c2cccs2)no1)c1ccccc1I. The fraction of sp³-hybridized carbons (Fsp3) is 0.0714. The van der Waals surface area contributed by atoms with E-state index in [1.807, 2.05) is 35.7 Å². The Hall–Kier alpha value is -1.74. The zero-order valence-electron chi connectivity index (χ0n) is 10.7. The zero-order chi connectivity index (χ0) is 14.7. The van der Waals surface area contributed by atoms with Crippen molar-refractivity contribution in [3.63, 3.8) is 0 Å². The third kappa shape index (κ3) is 3.30. The smallest absolute Gasteiger partial charge is 0.252 e. The summed E-state index contributed by atoms with van der Waals surface area (Å²) in [5, 5.41) is 8.63. The number of halogens is 1. The first-order valence-electron chi connectivity index (χ1n) is 6.13. The summed E-state index contributed by atoms with van der Waals surface area (Å²) >= 11 is 3.67. The maximum Gasteiger partial charge on any atom is 0.252 e. The molecule has 0 radical (unpaired) electrons. The average Bonchev–Trinajstić information content (AvgIpc) is 3.16. The van der Waals surface area contributed by atoms with Crippen molar-refractivity contribution >= 4 is 39.8 Å². The number of carbonyl (C=O) groups excluding carboxylic acids is 1. The van der Waals surface area contributed by atoms with Crippen LogP contribution in [0.5, 0.6) is 0 Å². The Morgan fingerprint density at radius 1 is 1.29 bits per heavy atom. The zero-order valence-corrected chi connectivity index (χ0v) is 13.7. The lowest BCUT2D eigenvalue weighted by atomic mass is 10.2. The van der Waals surface area contributed by atoms with Gasteiger partial charge in [-0.2, -0.15) is 4.98 Å². The van der Waals surface area contributed by atoms with Crippen molar-refractivity contribution in [1.82, 2.24) is 15.5 Å². The Morgan fingerprint density at radius 3 is 2.90 bits per heavy atom. The molecule has 3 rings (SSSR count). The highest BCUT2D eigenvalue weighted by Crippen LogP contribution is 2.21. The van der Waals surface area contributed by atoms with Crippen LogP contribution in [0.4, 0.5) is 0 Å². The van der Waals surface area contributed by atoms with Gasteiger partial charge in [-0.25, -0.2) is 0 Å². The number of carbonyl (C=O) groups is 1. The number of nitrogens with zero attached hydrogens (tertiary/aromatic N) is 2. The molecule has 0 aliphatic carbocycles. The van der Waals surface area contributed by atoms with Crippen LogP contribution < -0.4 is 5.32 Å². The largest absolute Gasteiger partial charge is 0.343 e. The first kappa shape index (κ1) is 14.2. The molecule has 0 fully saturated rings. The lowest BCUT2D eigenvalue weighted by Crippen LogP contribution is -2.23. The molecule has 0 bridgehead atoms. The number of hydrogen-bond donors (Lipinski definition) is 1. The number of nitrogens with one attached hydrogen (secondary N) is 1. The fourth-order valence-electron chi connectivity index (χ4n) is 1.73. The second-order valence-corrected chi connectivity index (χ2v) is 6.26. The molecule has 21 heavy (non-hydrogen) atoms. The highest BCUT2D eigenvalue weighted by atomic mass is 127. The minimum atomic E-state index is -0.157. The minimum absolute atomic E-state index is 0.157. The summed E-state index contributed by atoms with van der Waals surface area (Å²) in [5.41, 5.74) is 0.635. The molecular formula is C14H10IN3O2S. The topological polar surface area (TPSA) is 68.0 Å². The van der Waals surface area contributed by atoms with Gasteiger partial charge in [0.05, 0.1) is 17.0 Å². The molecule has 1 aromatic carbocycles. The lowest BCUT2D eigenvalue weighted by Gasteiger charge is -2.03. The van der Waals surface area contributed by atoms with Crippen molar-refractivity contribution in [3.05, 3.63) is 56.8 Å². The van der Waals surface area contributed by atoms with E-state index in [0.717, 1.165) is 8.45 Å². The molecule has 5 nitrogen and oxygen atoms in total. The molecule has 0 aliphatic rings. The van der Waals surface area contributed by atoms with Gasteiger partial charge >= 0.3 is 0 Å². The number of hydrogen-bond acceptors (Lipinski definition) is 5. The molecule has 0 aliphatic heterocycles. The second-order valence-electron chi connectivity index (χ2n) is 4.15. The fourth-order valence-corrected chi connectivity index (χ4v) is 3.01. The lowest BCUT2D eigenvalue weighted by molar-refractivity contribution is 0.0945. The Balaban J connectivity index is 1.66. The molecule has 1 amide bonds. The standard InChI is InChI=1S/C14H10IN3O2S/c15-10-5-2-1-4-9(10)14(19)16-8-12-17-13(18-20-12)11-6-3-7-21-11/h1-7H,8H2,(H,16,19). The molecular weight excluding hydrogens is 401 g/mol. The van der Waals surface area contributed by atoms with Crippen molar-refractivity contribution < 1.29 is 9.32 Å². The van der Waals surface area contributed by atoms with E-state index < -0.39 is 0 Å². The van der Waals surface area contributed by atoms with E-state index >= 15 is 0 Å². The van der Waals surface area contributed by atoms with Gasteiger partial charge < -0.3 is 9.84 Å². The predicted molar refractivity (Wildman–Crippen MR) is 87.9 cm³/mol. The van der Waals surface area contributed by atoms with Crippen LogP contribution in [-0.4, -0.2) is 16.0 Å². The number of rotatable bonds is 4. The van der Waals surface area contributed by atoms with Gasteiger partial charge in [-0.05, 0) is 46.2 Å². The van der Waals surface area contributed by atoms with Crippen molar-refractivity contribution in [3.8, 4) is 10.7 Å². The van der Waals surface area contributed by atoms with Gasteiger partial charge in [0.2, 0.25) is 11.7 Å². The number of benzene rings is 1. The highest BCUT2D eigenvalue weighted by Gasteiger charge is 2.12. The van der Waals surface area contributed by atoms with E-state index in [1.54, 1.807) is 6.07 Å². The van der Waals surface area contributed by atoms with Crippen LogP contribution >= 0.6 is 33.9 Å². The Kier molecular flexibility index (Phi) is 4.30. The quantitative estimate of drug-likeness (QED) is 0.669. The van der Waals surface area contributed by atoms with Gasteiger partial charge in [-0.15, -0.1) is 11.3 Å². The molecule has 0 saturated carbocycles. The highest BCUT2D eigenvalue weighted by molar-refractivity contribution is 14.1. The number of amides is 1. The van der Waals surface area contributed by atoms with Gasteiger partial charge in [-0.3, -0.25) is 4.79 Å². The van der Waals surface area contributed by atoms with Crippen LogP contribution in [0, 0.1) is 3.57 Å². The molecule has 7 heteroatoms. The van der Waals surface area contributed by atoms with Crippen LogP contribution in [0.15, 0.2) is 46.3 Å². The third-order valence-electron chi connectivity index (χ3n) is 2.73. The molecule has 106 valence electrons. The average molecular weight is 411 g/mol. The second kappa shape index (κ2) is 6.35. The van der Waals surface area contributed by atoms with Gasteiger partial charge in [-0.1, -0.05) is 23.4 Å². The monoisotopic (exact) mass is 411 g/mol. The van der Waals surface area contributed by atoms with E-state index in [-0.39, 0.29) is 12.5 Å². The van der Waals surface area contributed by atoms with Crippen LogP contribution in [-0.2, 0) is 6.54 Å². The van der Waals surface area contributed by atoms with Crippen molar-refractivity contribution in [1.29, 1.82) is 0 Å². The Morgan fingerprint density at radius 2 is 2.14 bits per heavy atom. The van der Waals surface area contributed by atoms with E-state index in [0.29, 0.717) is 17.3 Å². The normalized spacial score (nSPS) is 10.5. The molecule has 3 aromatic rings. The first-order valence-corrected chi connectivity index (χ1v) is 8.09. The Labute approximate surface area is 138 Å². The van der Waals surface area contributed by atoms with Gasteiger partial charge in [0, 0.05) is 3.57 Å². The van der Waals surface area contributed by atoms with Crippen LogP contribution in [0.1, 0.15) is 16.2 Å².